The molecule has 0 spiro atoms. The van der Waals surface area contributed by atoms with Crippen LogP contribution in [0.1, 0.15) is 18.1 Å². The van der Waals surface area contributed by atoms with E-state index in [-0.39, 0.29) is 18.0 Å². The number of methoxy groups -OCH3 is 1. The summed E-state index contributed by atoms with van der Waals surface area (Å²) in [6.07, 6.45) is -0.490. The molecule has 0 amide bonds. The zero-order valence-electron chi connectivity index (χ0n) is 12.7. The first kappa shape index (κ1) is 16.1. The van der Waals surface area contributed by atoms with Gasteiger partial charge in [0.1, 0.15) is 11.6 Å². The monoisotopic (exact) mass is 322 g/mol. The number of ether oxygens (including phenoxy) is 3. The van der Waals surface area contributed by atoms with E-state index in [4.69, 9.17) is 19.9 Å². The SMILES string of the molecule is COc1ccc2ncc(F)c([C@@H](O)C[C@H]3OC[C@H](N)CO3)c2c1. The number of fused-ring (bicyclic) bond motifs is 1. The fourth-order valence-corrected chi connectivity index (χ4v) is 2.63. The highest BCUT2D eigenvalue weighted by Crippen LogP contribution is 2.31. The zero-order valence-corrected chi connectivity index (χ0v) is 12.7. The second kappa shape index (κ2) is 6.76. The quantitative estimate of drug-likeness (QED) is 0.887. The van der Waals surface area contributed by atoms with E-state index in [2.05, 4.69) is 4.98 Å². The van der Waals surface area contributed by atoms with Crippen molar-refractivity contribution in [3.05, 3.63) is 35.8 Å². The minimum Gasteiger partial charge on any atom is -0.497 e. The van der Waals surface area contributed by atoms with Crippen molar-refractivity contribution < 1.29 is 23.7 Å². The molecular weight excluding hydrogens is 303 g/mol. The third-order valence-corrected chi connectivity index (χ3v) is 3.81. The summed E-state index contributed by atoms with van der Waals surface area (Å²) in [4.78, 5) is 4.04. The number of aliphatic hydroxyl groups excluding tert-OH is 1. The van der Waals surface area contributed by atoms with Crippen molar-refractivity contribution in [3.63, 3.8) is 0 Å². The normalized spacial score (nSPS) is 23.0. The highest BCUT2D eigenvalue weighted by atomic mass is 19.1. The molecule has 1 saturated heterocycles. The van der Waals surface area contributed by atoms with Crippen LogP contribution >= 0.6 is 0 Å². The highest BCUT2D eigenvalue weighted by molar-refractivity contribution is 5.84. The number of pyridine rings is 1. The maximum absolute atomic E-state index is 14.3. The van der Waals surface area contributed by atoms with Crippen LogP contribution < -0.4 is 10.5 Å². The molecule has 6 nitrogen and oxygen atoms in total. The number of nitrogens with zero attached hydrogens (tertiary/aromatic N) is 1. The lowest BCUT2D eigenvalue weighted by Gasteiger charge is -2.29. The van der Waals surface area contributed by atoms with Crippen molar-refractivity contribution in [1.29, 1.82) is 0 Å². The minimum atomic E-state index is -1.09. The van der Waals surface area contributed by atoms with E-state index < -0.39 is 18.2 Å². The molecule has 3 N–H and O–H groups in total. The summed E-state index contributed by atoms with van der Waals surface area (Å²) in [6.45, 7) is 0.704. The molecule has 0 bridgehead atoms. The first-order valence-electron chi connectivity index (χ1n) is 7.37. The molecule has 3 rings (SSSR count). The van der Waals surface area contributed by atoms with Crippen molar-refractivity contribution in [3.8, 4) is 5.75 Å². The number of hydrogen-bond acceptors (Lipinski definition) is 6. The van der Waals surface area contributed by atoms with Crippen LogP contribution in [0.25, 0.3) is 10.9 Å². The Morgan fingerprint density at radius 1 is 1.43 bits per heavy atom. The maximum Gasteiger partial charge on any atom is 0.160 e. The summed E-state index contributed by atoms with van der Waals surface area (Å²) in [5, 5.41) is 11.0. The Balaban J connectivity index is 1.89. The molecule has 0 saturated carbocycles. The average Bonchev–Trinajstić information content (AvgIpc) is 2.56. The van der Waals surface area contributed by atoms with Gasteiger partial charge in [0.15, 0.2) is 6.29 Å². The molecule has 1 fully saturated rings. The molecule has 0 aliphatic carbocycles. The van der Waals surface area contributed by atoms with Crippen molar-refractivity contribution in [2.75, 3.05) is 20.3 Å². The largest absolute Gasteiger partial charge is 0.497 e. The van der Waals surface area contributed by atoms with Gasteiger partial charge in [0, 0.05) is 17.4 Å². The molecule has 1 aliphatic heterocycles. The summed E-state index contributed by atoms with van der Waals surface area (Å²) < 4.78 is 30.2. The number of hydrogen-bond donors (Lipinski definition) is 2. The minimum absolute atomic E-state index is 0.111. The van der Waals surface area contributed by atoms with Gasteiger partial charge in [-0.25, -0.2) is 4.39 Å². The van der Waals surface area contributed by atoms with E-state index in [0.717, 1.165) is 6.20 Å². The predicted octanol–water partition coefficient (Wildman–Crippen LogP) is 1.51. The number of halogens is 1. The third kappa shape index (κ3) is 3.42. The van der Waals surface area contributed by atoms with Gasteiger partial charge in [0.05, 0.1) is 44.2 Å². The summed E-state index contributed by atoms with van der Waals surface area (Å²) in [7, 11) is 1.52. The molecule has 2 aromatic rings. The van der Waals surface area contributed by atoms with Gasteiger partial charge in [-0.15, -0.1) is 0 Å². The highest BCUT2D eigenvalue weighted by Gasteiger charge is 2.26. The molecule has 1 aromatic carbocycles. The van der Waals surface area contributed by atoms with E-state index in [1.807, 2.05) is 0 Å². The van der Waals surface area contributed by atoms with Crippen molar-refractivity contribution in [2.24, 2.45) is 5.73 Å². The van der Waals surface area contributed by atoms with Crippen molar-refractivity contribution in [2.45, 2.75) is 24.9 Å². The van der Waals surface area contributed by atoms with E-state index in [1.165, 1.54) is 7.11 Å². The van der Waals surface area contributed by atoms with E-state index in [9.17, 15) is 9.50 Å². The van der Waals surface area contributed by atoms with E-state index in [1.54, 1.807) is 18.2 Å². The first-order valence-corrected chi connectivity index (χ1v) is 7.37. The Hall–Kier alpha value is -1.80. The van der Waals surface area contributed by atoms with Crippen LogP contribution in [0, 0.1) is 5.82 Å². The summed E-state index contributed by atoms with van der Waals surface area (Å²) in [5.74, 6) is -0.0137. The Kier molecular flexibility index (Phi) is 4.72. The van der Waals surface area contributed by atoms with E-state index in [0.29, 0.717) is 29.9 Å². The fourth-order valence-electron chi connectivity index (χ4n) is 2.63. The van der Waals surface area contributed by atoms with Gasteiger partial charge < -0.3 is 25.1 Å². The second-order valence-electron chi connectivity index (χ2n) is 5.51. The molecule has 1 aliphatic rings. The van der Waals surface area contributed by atoms with Gasteiger partial charge >= 0.3 is 0 Å². The number of nitrogens with two attached hydrogens (primary N) is 1. The number of aromatic nitrogens is 1. The van der Waals surface area contributed by atoms with Gasteiger partial charge in [-0.3, -0.25) is 4.98 Å². The molecule has 2 heterocycles. The second-order valence-corrected chi connectivity index (χ2v) is 5.51. The standard InChI is InChI=1S/C16H19FN2O4/c1-21-10-2-3-13-11(4-10)16(12(17)6-19-13)14(20)5-15-22-7-9(18)8-23-15/h2-4,6,9,14-15,20H,5,7-8,18H2,1H3/t9-,14-,15-/m0/s1. The fraction of sp³-hybridized carbons (Fsp3) is 0.438. The Bertz CT molecular complexity index is 689. The van der Waals surface area contributed by atoms with Crippen LogP contribution in [0.5, 0.6) is 5.75 Å². The zero-order chi connectivity index (χ0) is 16.4. The maximum atomic E-state index is 14.3. The average molecular weight is 322 g/mol. The summed E-state index contributed by atoms with van der Waals surface area (Å²) >= 11 is 0. The van der Waals surface area contributed by atoms with Gasteiger partial charge in [-0.2, -0.15) is 0 Å². The molecule has 0 radical (unpaired) electrons. The van der Waals surface area contributed by atoms with Gasteiger partial charge in [0.2, 0.25) is 0 Å². The molecule has 1 aromatic heterocycles. The lowest BCUT2D eigenvalue weighted by Crippen LogP contribution is -2.41. The van der Waals surface area contributed by atoms with Crippen LogP contribution in [0.3, 0.4) is 0 Å². The van der Waals surface area contributed by atoms with Gasteiger partial charge in [-0.05, 0) is 18.2 Å². The van der Waals surface area contributed by atoms with E-state index >= 15 is 0 Å². The molecule has 0 unspecified atom stereocenters. The Morgan fingerprint density at radius 2 is 2.17 bits per heavy atom. The van der Waals surface area contributed by atoms with Gasteiger partial charge in [-0.1, -0.05) is 0 Å². The lowest BCUT2D eigenvalue weighted by atomic mass is 10.0. The molecule has 124 valence electrons. The molecule has 7 heteroatoms. The lowest BCUT2D eigenvalue weighted by molar-refractivity contribution is -0.197. The smallest absolute Gasteiger partial charge is 0.160 e. The topological polar surface area (TPSA) is 86.8 Å². The predicted molar refractivity (Wildman–Crippen MR) is 81.5 cm³/mol. The summed E-state index contributed by atoms with van der Waals surface area (Å²) in [6, 6.07) is 4.93. The number of rotatable bonds is 4. The Morgan fingerprint density at radius 3 is 2.87 bits per heavy atom. The number of aliphatic hydroxyl groups is 1. The molecule has 1 atom stereocenters. The molecule has 23 heavy (non-hydrogen) atoms. The third-order valence-electron chi connectivity index (χ3n) is 3.81. The van der Waals surface area contributed by atoms with Crippen LogP contribution in [0.2, 0.25) is 0 Å². The van der Waals surface area contributed by atoms with Gasteiger partial charge in [0.25, 0.3) is 0 Å². The van der Waals surface area contributed by atoms with Crippen molar-refractivity contribution in [1.82, 2.24) is 4.98 Å². The Labute approximate surface area is 133 Å². The van der Waals surface area contributed by atoms with Crippen molar-refractivity contribution >= 4 is 10.9 Å². The first-order chi connectivity index (χ1) is 11.1. The van der Waals surface area contributed by atoms with Crippen LogP contribution in [-0.2, 0) is 9.47 Å². The molecular formula is C16H19FN2O4. The van der Waals surface area contributed by atoms with Crippen LogP contribution in [0.15, 0.2) is 24.4 Å². The summed E-state index contributed by atoms with van der Waals surface area (Å²) in [5.41, 5.74) is 6.42. The number of benzene rings is 1. The van der Waals surface area contributed by atoms with Crippen LogP contribution in [-0.4, -0.2) is 42.7 Å². The van der Waals surface area contributed by atoms with Crippen LogP contribution in [0.4, 0.5) is 4.39 Å².